The van der Waals surface area contributed by atoms with Gasteiger partial charge in [-0.2, -0.15) is 0 Å². The SMILES string of the molecule is CCOC(=O)c1c(NC(=O)CC2CC2)c[nH]c1C. The van der Waals surface area contributed by atoms with Crippen LogP contribution >= 0.6 is 0 Å². The van der Waals surface area contributed by atoms with E-state index >= 15 is 0 Å². The summed E-state index contributed by atoms with van der Waals surface area (Å²) in [4.78, 5) is 26.4. The van der Waals surface area contributed by atoms with Crippen molar-refractivity contribution in [2.24, 2.45) is 5.92 Å². The average Bonchev–Trinajstić information content (AvgIpc) is 3.03. The van der Waals surface area contributed by atoms with Crippen LogP contribution in [0.15, 0.2) is 6.20 Å². The summed E-state index contributed by atoms with van der Waals surface area (Å²) < 4.78 is 4.97. The number of ether oxygens (including phenoxy) is 1. The average molecular weight is 250 g/mol. The number of rotatable bonds is 5. The standard InChI is InChI=1S/C13H18N2O3/c1-3-18-13(17)12-8(2)14-7-10(12)15-11(16)6-9-4-5-9/h7,9,14H,3-6H2,1-2H3,(H,15,16). The van der Waals surface area contributed by atoms with Crippen molar-refractivity contribution in [1.82, 2.24) is 4.98 Å². The molecule has 5 heteroatoms. The van der Waals surface area contributed by atoms with E-state index in [0.29, 0.717) is 35.9 Å². The summed E-state index contributed by atoms with van der Waals surface area (Å²) in [7, 11) is 0. The molecule has 98 valence electrons. The second kappa shape index (κ2) is 5.25. The smallest absolute Gasteiger partial charge is 0.342 e. The highest BCUT2D eigenvalue weighted by molar-refractivity contribution is 6.02. The number of amides is 1. The first-order valence-electron chi connectivity index (χ1n) is 6.26. The van der Waals surface area contributed by atoms with Crippen molar-refractivity contribution in [1.29, 1.82) is 0 Å². The minimum absolute atomic E-state index is 0.0398. The highest BCUT2D eigenvalue weighted by Crippen LogP contribution is 2.32. The summed E-state index contributed by atoms with van der Waals surface area (Å²) in [6, 6.07) is 0. The molecule has 1 aliphatic rings. The van der Waals surface area contributed by atoms with Crippen molar-refractivity contribution in [2.75, 3.05) is 11.9 Å². The Hall–Kier alpha value is -1.78. The molecule has 0 aromatic carbocycles. The summed E-state index contributed by atoms with van der Waals surface area (Å²) in [5, 5.41) is 2.77. The zero-order valence-corrected chi connectivity index (χ0v) is 10.7. The number of carbonyl (C=O) groups is 2. The van der Waals surface area contributed by atoms with Gasteiger partial charge in [-0.05, 0) is 32.6 Å². The van der Waals surface area contributed by atoms with Gasteiger partial charge in [0.1, 0.15) is 5.56 Å². The van der Waals surface area contributed by atoms with E-state index < -0.39 is 5.97 Å². The van der Waals surface area contributed by atoms with Gasteiger partial charge in [0.25, 0.3) is 0 Å². The molecule has 1 aliphatic carbocycles. The van der Waals surface area contributed by atoms with Gasteiger partial charge in [-0.1, -0.05) is 0 Å². The quantitative estimate of drug-likeness (QED) is 0.787. The van der Waals surface area contributed by atoms with Gasteiger partial charge in [0.2, 0.25) is 5.91 Å². The summed E-state index contributed by atoms with van der Waals surface area (Å²) in [5.74, 6) is 0.0797. The molecule has 2 rings (SSSR count). The Labute approximate surface area is 106 Å². The fourth-order valence-corrected chi connectivity index (χ4v) is 1.88. The Kier molecular flexibility index (Phi) is 3.69. The maximum Gasteiger partial charge on any atom is 0.342 e. The lowest BCUT2D eigenvalue weighted by Gasteiger charge is -2.06. The number of esters is 1. The van der Waals surface area contributed by atoms with E-state index in [1.165, 1.54) is 0 Å². The van der Waals surface area contributed by atoms with Gasteiger partial charge >= 0.3 is 5.97 Å². The van der Waals surface area contributed by atoms with E-state index in [1.54, 1.807) is 20.0 Å². The Morgan fingerprint density at radius 3 is 2.83 bits per heavy atom. The molecule has 1 heterocycles. The van der Waals surface area contributed by atoms with E-state index in [4.69, 9.17) is 4.74 Å². The molecule has 0 unspecified atom stereocenters. The van der Waals surface area contributed by atoms with E-state index in [0.717, 1.165) is 12.8 Å². The third kappa shape index (κ3) is 2.91. The summed E-state index contributed by atoms with van der Waals surface area (Å²) in [5.41, 5.74) is 1.63. The highest BCUT2D eigenvalue weighted by Gasteiger charge is 2.25. The molecular weight excluding hydrogens is 232 g/mol. The molecule has 18 heavy (non-hydrogen) atoms. The van der Waals surface area contributed by atoms with Crippen LogP contribution in [0, 0.1) is 12.8 Å². The lowest BCUT2D eigenvalue weighted by Crippen LogP contribution is -2.15. The number of aromatic nitrogens is 1. The van der Waals surface area contributed by atoms with Gasteiger partial charge in [-0.3, -0.25) is 4.79 Å². The fraction of sp³-hybridized carbons (Fsp3) is 0.538. The predicted molar refractivity (Wildman–Crippen MR) is 67.5 cm³/mol. The first-order chi connectivity index (χ1) is 8.61. The molecule has 0 spiro atoms. The number of anilines is 1. The third-order valence-corrected chi connectivity index (χ3v) is 3.00. The fourth-order valence-electron chi connectivity index (χ4n) is 1.88. The zero-order valence-electron chi connectivity index (χ0n) is 10.7. The van der Waals surface area contributed by atoms with Crippen LogP contribution in [0.4, 0.5) is 5.69 Å². The second-order valence-corrected chi connectivity index (χ2v) is 4.62. The molecule has 1 fully saturated rings. The summed E-state index contributed by atoms with van der Waals surface area (Å²) >= 11 is 0. The Morgan fingerprint density at radius 1 is 1.50 bits per heavy atom. The molecular formula is C13H18N2O3. The van der Waals surface area contributed by atoms with Gasteiger partial charge in [-0.25, -0.2) is 4.79 Å². The monoisotopic (exact) mass is 250 g/mol. The number of hydrogen-bond acceptors (Lipinski definition) is 3. The van der Waals surface area contributed by atoms with Crippen LogP contribution in [0.5, 0.6) is 0 Å². The molecule has 0 atom stereocenters. The van der Waals surface area contributed by atoms with Crippen molar-refractivity contribution < 1.29 is 14.3 Å². The van der Waals surface area contributed by atoms with Crippen LogP contribution in [0.25, 0.3) is 0 Å². The van der Waals surface area contributed by atoms with E-state index in [-0.39, 0.29) is 5.91 Å². The Balaban J connectivity index is 2.07. The first-order valence-corrected chi connectivity index (χ1v) is 6.26. The second-order valence-electron chi connectivity index (χ2n) is 4.62. The number of aryl methyl sites for hydroxylation is 1. The zero-order chi connectivity index (χ0) is 13.1. The molecule has 0 saturated heterocycles. The van der Waals surface area contributed by atoms with Crippen molar-refractivity contribution in [3.05, 3.63) is 17.5 Å². The third-order valence-electron chi connectivity index (χ3n) is 3.00. The number of H-pyrrole nitrogens is 1. The molecule has 1 saturated carbocycles. The molecule has 1 amide bonds. The maximum absolute atomic E-state index is 11.8. The van der Waals surface area contributed by atoms with Gasteiger partial charge in [0, 0.05) is 18.3 Å². The topological polar surface area (TPSA) is 71.2 Å². The molecule has 1 aromatic heterocycles. The van der Waals surface area contributed by atoms with Gasteiger partial charge in [-0.15, -0.1) is 0 Å². The number of nitrogens with one attached hydrogen (secondary N) is 2. The minimum Gasteiger partial charge on any atom is -0.462 e. The van der Waals surface area contributed by atoms with Crippen LogP contribution in [0.2, 0.25) is 0 Å². The largest absolute Gasteiger partial charge is 0.462 e. The van der Waals surface area contributed by atoms with Crippen molar-refractivity contribution in [3.63, 3.8) is 0 Å². The van der Waals surface area contributed by atoms with Crippen molar-refractivity contribution in [2.45, 2.75) is 33.1 Å². The van der Waals surface area contributed by atoms with Crippen LogP contribution in [0.3, 0.4) is 0 Å². The molecule has 0 bridgehead atoms. The number of hydrogen-bond donors (Lipinski definition) is 2. The van der Waals surface area contributed by atoms with Gasteiger partial charge in [0.05, 0.1) is 12.3 Å². The lowest BCUT2D eigenvalue weighted by molar-refractivity contribution is -0.116. The molecule has 1 aromatic rings. The Bertz CT molecular complexity index is 461. The lowest BCUT2D eigenvalue weighted by atomic mass is 10.2. The highest BCUT2D eigenvalue weighted by atomic mass is 16.5. The molecule has 2 N–H and O–H groups in total. The molecule has 0 aliphatic heterocycles. The summed E-state index contributed by atoms with van der Waals surface area (Å²) in [6.45, 7) is 3.85. The van der Waals surface area contributed by atoms with Crippen LogP contribution in [-0.4, -0.2) is 23.5 Å². The molecule has 5 nitrogen and oxygen atoms in total. The van der Waals surface area contributed by atoms with Crippen molar-refractivity contribution in [3.8, 4) is 0 Å². The van der Waals surface area contributed by atoms with Crippen molar-refractivity contribution >= 4 is 17.6 Å². The van der Waals surface area contributed by atoms with E-state index in [2.05, 4.69) is 10.3 Å². The summed E-state index contributed by atoms with van der Waals surface area (Å²) in [6.07, 6.45) is 4.42. The van der Waals surface area contributed by atoms with Crippen LogP contribution in [-0.2, 0) is 9.53 Å². The van der Waals surface area contributed by atoms with E-state index in [1.807, 2.05) is 0 Å². The minimum atomic E-state index is -0.405. The number of aromatic amines is 1. The molecule has 0 radical (unpaired) electrons. The van der Waals surface area contributed by atoms with Gasteiger partial charge < -0.3 is 15.0 Å². The van der Waals surface area contributed by atoms with E-state index in [9.17, 15) is 9.59 Å². The first kappa shape index (κ1) is 12.7. The maximum atomic E-state index is 11.8. The Morgan fingerprint density at radius 2 is 2.22 bits per heavy atom. The number of carbonyl (C=O) groups excluding carboxylic acids is 2. The van der Waals surface area contributed by atoms with Gasteiger partial charge in [0.15, 0.2) is 0 Å². The normalized spacial score (nSPS) is 14.3. The van der Waals surface area contributed by atoms with Crippen LogP contribution < -0.4 is 5.32 Å². The van der Waals surface area contributed by atoms with Crippen LogP contribution in [0.1, 0.15) is 42.2 Å². The predicted octanol–water partition coefficient (Wildman–Crippen LogP) is 2.24.